The Balaban J connectivity index is 0.00000180. The van der Waals surface area contributed by atoms with Crippen molar-refractivity contribution in [2.75, 3.05) is 20.1 Å². The van der Waals surface area contributed by atoms with E-state index in [4.69, 9.17) is 16.3 Å². The Kier molecular flexibility index (Phi) is 5.78. The molecule has 0 aliphatic carbocycles. The number of pyridine rings is 1. The van der Waals surface area contributed by atoms with Gasteiger partial charge in [0, 0.05) is 18.9 Å². The van der Waals surface area contributed by atoms with E-state index >= 15 is 0 Å². The van der Waals surface area contributed by atoms with Crippen LogP contribution in [0, 0.1) is 10.1 Å². The SMILES string of the molecule is C[NH+]1CCC(Oc2nc(Cl)ccc2[N+](=O)[O-])CC1.[Cl-]. The smallest absolute Gasteiger partial charge is 0.331 e. The van der Waals surface area contributed by atoms with Crippen LogP contribution in [0.25, 0.3) is 0 Å². The molecule has 0 aromatic carbocycles. The number of likely N-dealkylation sites (tertiary alicyclic amines) is 1. The van der Waals surface area contributed by atoms with E-state index in [2.05, 4.69) is 12.0 Å². The Morgan fingerprint density at radius 2 is 2.11 bits per heavy atom. The van der Waals surface area contributed by atoms with E-state index in [1.165, 1.54) is 17.0 Å². The van der Waals surface area contributed by atoms with Gasteiger partial charge in [-0.25, -0.2) is 0 Å². The highest BCUT2D eigenvalue weighted by atomic mass is 35.5. The predicted molar refractivity (Wildman–Crippen MR) is 66.2 cm³/mol. The van der Waals surface area contributed by atoms with E-state index in [1.54, 1.807) is 0 Å². The van der Waals surface area contributed by atoms with Crippen molar-refractivity contribution in [2.24, 2.45) is 0 Å². The molecule has 8 heteroatoms. The topological polar surface area (TPSA) is 69.7 Å². The fourth-order valence-electron chi connectivity index (χ4n) is 2.00. The molecule has 106 valence electrons. The first-order valence-electron chi connectivity index (χ1n) is 5.85. The van der Waals surface area contributed by atoms with Crippen LogP contribution in [0.1, 0.15) is 12.8 Å². The molecule has 1 fully saturated rings. The fourth-order valence-corrected chi connectivity index (χ4v) is 2.14. The molecular formula is C11H15Cl2N3O3. The summed E-state index contributed by atoms with van der Waals surface area (Å²) < 4.78 is 5.63. The van der Waals surface area contributed by atoms with Gasteiger partial charge in [-0.2, -0.15) is 4.98 Å². The highest BCUT2D eigenvalue weighted by Crippen LogP contribution is 2.28. The van der Waals surface area contributed by atoms with Crippen LogP contribution >= 0.6 is 11.6 Å². The molecule has 0 saturated carbocycles. The normalized spacial score (nSPS) is 22.4. The second kappa shape index (κ2) is 6.88. The zero-order valence-electron chi connectivity index (χ0n) is 10.4. The minimum absolute atomic E-state index is 0. The van der Waals surface area contributed by atoms with E-state index in [0.717, 1.165) is 25.9 Å². The lowest BCUT2D eigenvalue weighted by Gasteiger charge is -2.26. The van der Waals surface area contributed by atoms with Crippen molar-refractivity contribution in [3.05, 3.63) is 27.4 Å². The molecule has 0 bridgehead atoms. The molecule has 0 radical (unpaired) electrons. The maximum atomic E-state index is 10.9. The predicted octanol–water partition coefficient (Wildman–Crippen LogP) is -2.30. The van der Waals surface area contributed by atoms with Gasteiger partial charge in [-0.1, -0.05) is 11.6 Å². The average Bonchev–Trinajstić information content (AvgIpc) is 2.32. The quantitative estimate of drug-likeness (QED) is 0.387. The molecule has 0 amide bonds. The average molecular weight is 308 g/mol. The van der Waals surface area contributed by atoms with Crippen LogP contribution in [0.5, 0.6) is 5.88 Å². The lowest BCUT2D eigenvalue weighted by molar-refractivity contribution is -0.885. The fraction of sp³-hybridized carbons (Fsp3) is 0.545. The molecule has 1 aromatic heterocycles. The highest BCUT2D eigenvalue weighted by molar-refractivity contribution is 6.29. The third-order valence-electron chi connectivity index (χ3n) is 3.07. The third kappa shape index (κ3) is 4.19. The van der Waals surface area contributed by atoms with Crippen molar-refractivity contribution in [3.8, 4) is 5.88 Å². The number of halogens is 2. The third-order valence-corrected chi connectivity index (χ3v) is 3.28. The molecule has 1 aromatic rings. The number of nitro groups is 1. The molecule has 2 heterocycles. The number of quaternary nitrogens is 1. The summed E-state index contributed by atoms with van der Waals surface area (Å²) in [5, 5.41) is 11.1. The summed E-state index contributed by atoms with van der Waals surface area (Å²) in [7, 11) is 2.12. The Labute approximate surface area is 122 Å². The number of rotatable bonds is 3. The Morgan fingerprint density at radius 3 is 2.68 bits per heavy atom. The summed E-state index contributed by atoms with van der Waals surface area (Å²) in [6, 6.07) is 2.72. The molecular weight excluding hydrogens is 293 g/mol. The molecule has 1 aliphatic heterocycles. The summed E-state index contributed by atoms with van der Waals surface area (Å²) in [5.41, 5.74) is -0.134. The molecule has 0 atom stereocenters. The summed E-state index contributed by atoms with van der Waals surface area (Å²) in [5.74, 6) is 0.0250. The molecule has 1 aliphatic rings. The molecule has 0 spiro atoms. The first-order valence-corrected chi connectivity index (χ1v) is 6.23. The first-order chi connectivity index (χ1) is 8.56. The van der Waals surface area contributed by atoms with Gasteiger partial charge >= 0.3 is 5.69 Å². The van der Waals surface area contributed by atoms with Gasteiger partial charge in [-0.05, 0) is 6.07 Å². The van der Waals surface area contributed by atoms with Crippen LogP contribution in [0.4, 0.5) is 5.69 Å². The van der Waals surface area contributed by atoms with Gasteiger partial charge < -0.3 is 22.0 Å². The van der Waals surface area contributed by atoms with Crippen molar-refractivity contribution < 1.29 is 27.0 Å². The molecule has 6 nitrogen and oxygen atoms in total. The zero-order valence-corrected chi connectivity index (χ0v) is 11.9. The largest absolute Gasteiger partial charge is 1.00 e. The number of piperidine rings is 1. The van der Waals surface area contributed by atoms with Crippen LogP contribution in [0.15, 0.2) is 12.1 Å². The highest BCUT2D eigenvalue weighted by Gasteiger charge is 2.25. The van der Waals surface area contributed by atoms with Crippen LogP contribution in [-0.4, -0.2) is 36.1 Å². The summed E-state index contributed by atoms with van der Waals surface area (Å²) in [6.45, 7) is 2.00. The van der Waals surface area contributed by atoms with Gasteiger partial charge in [0.1, 0.15) is 11.3 Å². The van der Waals surface area contributed by atoms with Crippen LogP contribution in [0.3, 0.4) is 0 Å². The molecule has 0 unspecified atom stereocenters. The van der Waals surface area contributed by atoms with Gasteiger partial charge in [0.2, 0.25) is 0 Å². The van der Waals surface area contributed by atoms with E-state index < -0.39 is 4.92 Å². The summed E-state index contributed by atoms with van der Waals surface area (Å²) in [4.78, 5) is 15.7. The monoisotopic (exact) mass is 307 g/mol. The van der Waals surface area contributed by atoms with Crippen molar-refractivity contribution in [1.29, 1.82) is 0 Å². The van der Waals surface area contributed by atoms with Gasteiger partial charge in [-0.3, -0.25) is 10.1 Å². The number of nitrogens with one attached hydrogen (secondary N) is 1. The Hall–Kier alpha value is -1.11. The lowest BCUT2D eigenvalue weighted by atomic mass is 10.1. The number of hydrogen-bond acceptors (Lipinski definition) is 4. The number of aromatic nitrogens is 1. The zero-order chi connectivity index (χ0) is 13.1. The Bertz CT molecular complexity index is 451. The summed E-state index contributed by atoms with van der Waals surface area (Å²) in [6.07, 6.45) is 1.73. The Morgan fingerprint density at radius 1 is 1.47 bits per heavy atom. The van der Waals surface area contributed by atoms with Gasteiger partial charge in [0.15, 0.2) is 0 Å². The minimum Gasteiger partial charge on any atom is -1.00 e. The maximum Gasteiger partial charge on any atom is 0.331 e. The van der Waals surface area contributed by atoms with Crippen molar-refractivity contribution in [1.82, 2.24) is 4.98 Å². The van der Waals surface area contributed by atoms with E-state index in [0.29, 0.717) is 0 Å². The molecule has 2 rings (SSSR count). The summed E-state index contributed by atoms with van der Waals surface area (Å²) >= 11 is 5.74. The number of nitrogens with zero attached hydrogens (tertiary/aromatic N) is 2. The van der Waals surface area contributed by atoms with Crippen LogP contribution in [-0.2, 0) is 0 Å². The van der Waals surface area contributed by atoms with E-state index in [-0.39, 0.29) is 35.2 Å². The minimum atomic E-state index is -0.501. The first kappa shape index (κ1) is 15.9. The number of hydrogen-bond donors (Lipinski definition) is 1. The van der Waals surface area contributed by atoms with Crippen LogP contribution < -0.4 is 22.0 Å². The maximum absolute atomic E-state index is 10.9. The second-order valence-electron chi connectivity index (χ2n) is 4.49. The van der Waals surface area contributed by atoms with Crippen molar-refractivity contribution in [3.63, 3.8) is 0 Å². The standard InChI is InChI=1S/C11H14ClN3O3.ClH/c1-14-6-4-8(5-7-14)18-11-9(15(16)17)2-3-10(12)13-11;/h2-3,8H,4-7H2,1H3;1H. The van der Waals surface area contributed by atoms with Crippen molar-refractivity contribution >= 4 is 17.3 Å². The molecule has 1 saturated heterocycles. The van der Waals surface area contributed by atoms with E-state index in [1.807, 2.05) is 0 Å². The van der Waals surface area contributed by atoms with Gasteiger partial charge in [-0.15, -0.1) is 0 Å². The number of ether oxygens (including phenoxy) is 1. The van der Waals surface area contributed by atoms with Gasteiger partial charge in [0.25, 0.3) is 5.88 Å². The molecule has 19 heavy (non-hydrogen) atoms. The van der Waals surface area contributed by atoms with Crippen molar-refractivity contribution in [2.45, 2.75) is 18.9 Å². The van der Waals surface area contributed by atoms with E-state index in [9.17, 15) is 10.1 Å². The van der Waals surface area contributed by atoms with Crippen LogP contribution in [0.2, 0.25) is 5.15 Å². The second-order valence-corrected chi connectivity index (χ2v) is 4.88. The van der Waals surface area contributed by atoms with Gasteiger partial charge in [0.05, 0.1) is 25.1 Å². The molecule has 1 N–H and O–H groups in total. The lowest BCUT2D eigenvalue weighted by Crippen LogP contribution is -3.10.